The molecular formula is C15H23N3. The van der Waals surface area contributed by atoms with Crippen molar-refractivity contribution in [2.24, 2.45) is 11.7 Å². The predicted molar refractivity (Wildman–Crippen MR) is 75.8 cm³/mol. The lowest BCUT2D eigenvalue weighted by Gasteiger charge is -2.20. The normalized spacial score (nSPS) is 16.3. The van der Waals surface area contributed by atoms with E-state index in [1.165, 1.54) is 37.8 Å². The molecule has 1 aliphatic carbocycles. The quantitative estimate of drug-likeness (QED) is 0.619. The molecule has 0 aromatic heterocycles. The van der Waals surface area contributed by atoms with E-state index in [1.54, 1.807) is 0 Å². The Kier molecular flexibility index (Phi) is 4.37. The molecule has 3 heteroatoms. The van der Waals surface area contributed by atoms with Crippen molar-refractivity contribution in [3.63, 3.8) is 0 Å². The van der Waals surface area contributed by atoms with E-state index in [2.05, 4.69) is 24.1 Å². The molecule has 98 valence electrons. The van der Waals surface area contributed by atoms with Crippen LogP contribution in [0.25, 0.3) is 0 Å². The van der Waals surface area contributed by atoms with Crippen LogP contribution in [0.2, 0.25) is 0 Å². The lowest BCUT2D eigenvalue weighted by molar-refractivity contribution is 0.271. The number of hydrogen-bond donors (Lipinski definition) is 2. The minimum atomic E-state index is 0.140. The number of nitrogens with two attached hydrogens (primary N) is 1. The number of nitrogen functional groups attached to an aromatic ring is 1. The topological polar surface area (TPSA) is 53.1 Å². The van der Waals surface area contributed by atoms with Crippen molar-refractivity contribution in [3.05, 3.63) is 35.4 Å². The molecule has 1 aliphatic rings. The first-order chi connectivity index (χ1) is 8.65. The van der Waals surface area contributed by atoms with Gasteiger partial charge in [-0.05, 0) is 31.4 Å². The molecule has 3 N–H and O–H groups in total. The van der Waals surface area contributed by atoms with Gasteiger partial charge in [0.25, 0.3) is 0 Å². The summed E-state index contributed by atoms with van der Waals surface area (Å²) in [5.74, 6) is 1.03. The summed E-state index contributed by atoms with van der Waals surface area (Å²) in [7, 11) is 2.19. The minimum absolute atomic E-state index is 0.140. The number of rotatable bonds is 5. The average molecular weight is 245 g/mol. The second-order valence-corrected chi connectivity index (χ2v) is 5.46. The van der Waals surface area contributed by atoms with E-state index in [-0.39, 0.29) is 5.84 Å². The molecule has 1 aromatic rings. The molecule has 3 nitrogen and oxygen atoms in total. The molecule has 0 unspecified atom stereocenters. The molecule has 0 heterocycles. The molecule has 1 fully saturated rings. The molecule has 0 aliphatic heterocycles. The largest absolute Gasteiger partial charge is 0.384 e. The molecule has 0 atom stereocenters. The third kappa shape index (κ3) is 3.57. The van der Waals surface area contributed by atoms with Crippen molar-refractivity contribution < 1.29 is 0 Å². The van der Waals surface area contributed by atoms with Gasteiger partial charge < -0.3 is 10.6 Å². The molecule has 1 aromatic carbocycles. The van der Waals surface area contributed by atoms with Crippen molar-refractivity contribution in [1.82, 2.24) is 4.90 Å². The van der Waals surface area contributed by atoms with Gasteiger partial charge in [0, 0.05) is 18.7 Å². The molecule has 0 saturated heterocycles. The van der Waals surface area contributed by atoms with Gasteiger partial charge in [-0.3, -0.25) is 5.41 Å². The Balaban J connectivity index is 1.86. The van der Waals surface area contributed by atoms with Crippen LogP contribution in [0, 0.1) is 11.3 Å². The first kappa shape index (κ1) is 13.1. The maximum absolute atomic E-state index is 7.36. The van der Waals surface area contributed by atoms with E-state index in [1.807, 2.05) is 12.1 Å². The smallest absolute Gasteiger partial charge is 0.122 e. The van der Waals surface area contributed by atoms with E-state index in [0.717, 1.165) is 18.0 Å². The van der Waals surface area contributed by atoms with Crippen LogP contribution in [-0.2, 0) is 6.54 Å². The molecule has 0 bridgehead atoms. The third-order valence-electron chi connectivity index (χ3n) is 3.76. The second kappa shape index (κ2) is 6.01. The average Bonchev–Trinajstić information content (AvgIpc) is 2.82. The Bertz CT molecular complexity index is 391. The van der Waals surface area contributed by atoms with Gasteiger partial charge in [0.15, 0.2) is 0 Å². The van der Waals surface area contributed by atoms with Crippen LogP contribution >= 0.6 is 0 Å². The van der Waals surface area contributed by atoms with Gasteiger partial charge in [0.2, 0.25) is 0 Å². The summed E-state index contributed by atoms with van der Waals surface area (Å²) in [6, 6.07) is 8.01. The van der Waals surface area contributed by atoms with Gasteiger partial charge in [-0.15, -0.1) is 0 Å². The number of hydrogen-bond acceptors (Lipinski definition) is 2. The van der Waals surface area contributed by atoms with Crippen LogP contribution in [0.1, 0.15) is 36.8 Å². The molecule has 18 heavy (non-hydrogen) atoms. The maximum Gasteiger partial charge on any atom is 0.122 e. The van der Waals surface area contributed by atoms with Crippen molar-refractivity contribution in [2.75, 3.05) is 13.6 Å². The van der Waals surface area contributed by atoms with Gasteiger partial charge in [0.05, 0.1) is 0 Å². The fourth-order valence-corrected chi connectivity index (χ4v) is 2.80. The van der Waals surface area contributed by atoms with Crippen LogP contribution in [0.5, 0.6) is 0 Å². The highest BCUT2D eigenvalue weighted by Gasteiger charge is 2.16. The summed E-state index contributed by atoms with van der Waals surface area (Å²) in [4.78, 5) is 2.40. The zero-order valence-electron chi connectivity index (χ0n) is 11.2. The lowest BCUT2D eigenvalue weighted by atomic mass is 10.1. The highest BCUT2D eigenvalue weighted by molar-refractivity contribution is 5.94. The van der Waals surface area contributed by atoms with Crippen molar-refractivity contribution >= 4 is 5.84 Å². The Hall–Kier alpha value is -1.35. The van der Waals surface area contributed by atoms with E-state index >= 15 is 0 Å². The summed E-state index contributed by atoms with van der Waals surface area (Å²) in [6.45, 7) is 2.18. The molecule has 2 rings (SSSR count). The van der Waals surface area contributed by atoms with Crippen LogP contribution in [0.3, 0.4) is 0 Å². The lowest BCUT2D eigenvalue weighted by Crippen LogP contribution is -2.24. The SMILES string of the molecule is CN(Cc1ccc(C(=N)N)cc1)CC1CCCC1. The monoisotopic (exact) mass is 245 g/mol. The standard InChI is InChI=1S/C15H23N3/c1-18(10-12-4-2-3-5-12)11-13-6-8-14(9-7-13)15(16)17/h6-9,12H,2-5,10-11H2,1H3,(H3,16,17). The minimum Gasteiger partial charge on any atom is -0.384 e. The van der Waals surface area contributed by atoms with Gasteiger partial charge in [-0.2, -0.15) is 0 Å². The van der Waals surface area contributed by atoms with Gasteiger partial charge >= 0.3 is 0 Å². The number of nitrogens with one attached hydrogen (secondary N) is 1. The van der Waals surface area contributed by atoms with Crippen LogP contribution in [0.15, 0.2) is 24.3 Å². The number of amidine groups is 1. The highest BCUT2D eigenvalue weighted by Crippen LogP contribution is 2.25. The summed E-state index contributed by atoms with van der Waals surface area (Å²) in [5.41, 5.74) is 7.54. The Morgan fingerprint density at radius 2 is 1.89 bits per heavy atom. The van der Waals surface area contributed by atoms with Gasteiger partial charge in [-0.1, -0.05) is 37.1 Å². The van der Waals surface area contributed by atoms with Crippen LogP contribution in [-0.4, -0.2) is 24.3 Å². The summed E-state index contributed by atoms with van der Waals surface area (Å²) in [5, 5.41) is 7.36. The zero-order chi connectivity index (χ0) is 13.0. The Morgan fingerprint density at radius 1 is 1.28 bits per heavy atom. The second-order valence-electron chi connectivity index (χ2n) is 5.46. The van der Waals surface area contributed by atoms with E-state index < -0.39 is 0 Å². The first-order valence-electron chi connectivity index (χ1n) is 6.77. The third-order valence-corrected chi connectivity index (χ3v) is 3.76. The molecule has 0 spiro atoms. The van der Waals surface area contributed by atoms with Crippen molar-refractivity contribution in [1.29, 1.82) is 5.41 Å². The molecule has 0 amide bonds. The highest BCUT2D eigenvalue weighted by atomic mass is 15.1. The zero-order valence-corrected chi connectivity index (χ0v) is 11.2. The van der Waals surface area contributed by atoms with E-state index in [9.17, 15) is 0 Å². The van der Waals surface area contributed by atoms with Crippen LogP contribution in [0.4, 0.5) is 0 Å². The Labute approximate surface area is 109 Å². The first-order valence-corrected chi connectivity index (χ1v) is 6.77. The predicted octanol–water partition coefficient (Wildman–Crippen LogP) is 2.59. The van der Waals surface area contributed by atoms with Gasteiger partial charge in [0.1, 0.15) is 5.84 Å². The molecule has 1 saturated carbocycles. The number of nitrogens with zero attached hydrogens (tertiary/aromatic N) is 1. The maximum atomic E-state index is 7.36. The Morgan fingerprint density at radius 3 is 2.44 bits per heavy atom. The molecular weight excluding hydrogens is 222 g/mol. The summed E-state index contributed by atoms with van der Waals surface area (Å²) in [6.07, 6.45) is 5.61. The van der Waals surface area contributed by atoms with Gasteiger partial charge in [-0.25, -0.2) is 0 Å². The van der Waals surface area contributed by atoms with Crippen LogP contribution < -0.4 is 5.73 Å². The number of benzene rings is 1. The van der Waals surface area contributed by atoms with Crippen molar-refractivity contribution in [2.45, 2.75) is 32.2 Å². The summed E-state index contributed by atoms with van der Waals surface area (Å²) >= 11 is 0. The van der Waals surface area contributed by atoms with E-state index in [4.69, 9.17) is 11.1 Å². The molecule has 0 radical (unpaired) electrons. The van der Waals surface area contributed by atoms with E-state index in [0.29, 0.717) is 0 Å². The fraction of sp³-hybridized carbons (Fsp3) is 0.533. The fourth-order valence-electron chi connectivity index (χ4n) is 2.80. The van der Waals surface area contributed by atoms with Crippen molar-refractivity contribution in [3.8, 4) is 0 Å². The summed E-state index contributed by atoms with van der Waals surface area (Å²) < 4.78 is 0.